The molecule has 0 aliphatic rings. The Bertz CT molecular complexity index is 3020. The van der Waals surface area contributed by atoms with Crippen molar-refractivity contribution in [3.8, 4) is 45.0 Å². The summed E-state index contributed by atoms with van der Waals surface area (Å²) in [6.45, 7) is 12.1. The minimum absolute atomic E-state index is 0.00127. The van der Waals surface area contributed by atoms with Crippen LogP contribution < -0.4 is 16.8 Å². The number of imidazole rings is 2. The minimum atomic E-state index is -1.12. The van der Waals surface area contributed by atoms with E-state index in [9.17, 15) is 23.5 Å². The van der Waals surface area contributed by atoms with Crippen LogP contribution in [-0.4, -0.2) is 89.1 Å². The zero-order chi connectivity index (χ0) is 47.5. The largest absolute Gasteiger partial charge is 0.478 e. The van der Waals surface area contributed by atoms with Crippen LogP contribution >= 0.6 is 0 Å². The fraction of sp³-hybridized carbons (Fsp3) is 0.250. The number of nitrogens with zero attached hydrogens (tertiary/aromatic N) is 9. The van der Waals surface area contributed by atoms with E-state index in [1.807, 2.05) is 101 Å². The van der Waals surface area contributed by atoms with Gasteiger partial charge in [-0.05, 0) is 127 Å². The van der Waals surface area contributed by atoms with Crippen molar-refractivity contribution >= 4 is 45.8 Å². The van der Waals surface area contributed by atoms with Crippen LogP contribution in [-0.2, 0) is 11.1 Å². The lowest BCUT2D eigenvalue weighted by molar-refractivity contribution is 0.0696. The van der Waals surface area contributed by atoms with E-state index in [2.05, 4.69) is 30.2 Å². The predicted octanol–water partition coefficient (Wildman–Crippen LogP) is 8.51. The number of carbonyl (C=O) groups excluding carboxylic acids is 1. The molecule has 4 heterocycles. The second kappa shape index (κ2) is 18.6. The summed E-state index contributed by atoms with van der Waals surface area (Å²) >= 11 is 0. The maximum Gasteiger partial charge on any atom is 0.335 e. The third kappa shape index (κ3) is 10.1. The predicted molar refractivity (Wildman–Crippen MR) is 251 cm³/mol. The lowest BCUT2D eigenvalue weighted by atomic mass is 10.0. The maximum absolute atomic E-state index is 15.0. The number of nitrogens with two attached hydrogens (primary N) is 2. The molecule has 15 nitrogen and oxygen atoms in total. The summed E-state index contributed by atoms with van der Waals surface area (Å²) in [5.74, 6) is -1.07. The number of hydrogen-bond acceptors (Lipinski definition) is 11. The molecule has 0 spiro atoms. The first kappa shape index (κ1) is 46.8. The number of carboxylic acid groups (broad SMARTS) is 1. The number of aromatic nitrogens is 8. The monoisotopic (exact) mass is 882 g/mol. The van der Waals surface area contributed by atoms with Gasteiger partial charge in [-0.3, -0.25) is 4.79 Å². The van der Waals surface area contributed by atoms with E-state index in [4.69, 9.17) is 16.5 Å². The summed E-state index contributed by atoms with van der Waals surface area (Å²) in [5.41, 5.74) is 17.5. The average Bonchev–Trinajstić information content (AvgIpc) is 3.84. The first-order valence-electron chi connectivity index (χ1n) is 20.5. The van der Waals surface area contributed by atoms with Crippen molar-refractivity contribution in [1.29, 1.82) is 0 Å². The zero-order valence-electron chi connectivity index (χ0n) is 37.9. The molecule has 0 atom stereocenters. The number of nitrogen functional groups attached to an aromatic ring is 2. The molecule has 0 saturated heterocycles. The molecule has 1 amide bonds. The minimum Gasteiger partial charge on any atom is -0.478 e. The van der Waals surface area contributed by atoms with Crippen LogP contribution in [0.5, 0.6) is 0 Å². The van der Waals surface area contributed by atoms with Crippen LogP contribution in [0, 0.1) is 11.6 Å². The average molecular weight is 883 g/mol. The van der Waals surface area contributed by atoms with Crippen LogP contribution in [0.25, 0.3) is 67.1 Å². The molecule has 17 heteroatoms. The van der Waals surface area contributed by atoms with Crippen molar-refractivity contribution < 1.29 is 23.5 Å². The third-order valence-corrected chi connectivity index (χ3v) is 9.98. The molecular weight excluding hydrogens is 831 g/mol. The fourth-order valence-corrected chi connectivity index (χ4v) is 7.13. The summed E-state index contributed by atoms with van der Waals surface area (Å²) in [4.78, 5) is 51.0. The molecule has 0 aliphatic heterocycles. The summed E-state index contributed by atoms with van der Waals surface area (Å²) < 4.78 is 33.6. The van der Waals surface area contributed by atoms with Gasteiger partial charge in [0.05, 0.1) is 38.8 Å². The van der Waals surface area contributed by atoms with E-state index in [-0.39, 0.29) is 40.0 Å². The lowest BCUT2D eigenvalue weighted by Crippen LogP contribution is -2.23. The number of benzene rings is 4. The molecule has 4 aromatic heterocycles. The van der Waals surface area contributed by atoms with E-state index in [0.29, 0.717) is 28.2 Å². The van der Waals surface area contributed by atoms with Crippen molar-refractivity contribution in [2.75, 3.05) is 39.7 Å². The van der Waals surface area contributed by atoms with Gasteiger partial charge in [-0.2, -0.15) is 0 Å². The Balaban J connectivity index is 0.000000204. The fourth-order valence-electron chi connectivity index (χ4n) is 7.13. The third-order valence-electron chi connectivity index (χ3n) is 9.98. The van der Waals surface area contributed by atoms with Gasteiger partial charge in [0.2, 0.25) is 11.9 Å². The molecule has 0 fully saturated rings. The number of halogens is 2. The molecule has 0 radical (unpaired) electrons. The molecule has 0 bridgehead atoms. The number of nitrogens with one attached hydrogen (secondary N) is 1. The highest BCUT2D eigenvalue weighted by molar-refractivity contribution is 5.95. The molecule has 0 saturated carbocycles. The van der Waals surface area contributed by atoms with E-state index < -0.39 is 23.1 Å². The lowest BCUT2D eigenvalue weighted by Gasteiger charge is -2.25. The summed E-state index contributed by atoms with van der Waals surface area (Å²) in [7, 11) is 7.08. The van der Waals surface area contributed by atoms with Gasteiger partial charge >= 0.3 is 5.97 Å². The second-order valence-corrected chi connectivity index (χ2v) is 17.3. The SMILES string of the molecule is CC(C)(C)n1c(-c2cc(C(=O)O)ccc2F)nc2cc(-c3cnc(N)nc3)ccc21.CN(C)C(=O)c1ccc(F)c(-c2nc3cc(-c4cnc(N)nc4)ccc3n2C(C)(C)C)c1.CNC. The number of hydrogen-bond donors (Lipinski definition) is 4. The molecular formula is C48H52F2N12O3. The van der Waals surface area contributed by atoms with Gasteiger partial charge < -0.3 is 35.9 Å². The van der Waals surface area contributed by atoms with Gasteiger partial charge in [-0.25, -0.2) is 43.5 Å². The van der Waals surface area contributed by atoms with Crippen molar-refractivity contribution in [1.82, 2.24) is 49.3 Å². The van der Waals surface area contributed by atoms with Crippen LogP contribution in [0.3, 0.4) is 0 Å². The van der Waals surface area contributed by atoms with Crippen LogP contribution in [0.1, 0.15) is 62.3 Å². The van der Waals surface area contributed by atoms with E-state index in [0.717, 1.165) is 39.4 Å². The molecule has 6 N–H and O–H groups in total. The van der Waals surface area contributed by atoms with Gasteiger partial charge in [0.1, 0.15) is 23.3 Å². The molecule has 65 heavy (non-hydrogen) atoms. The number of carboxylic acids is 1. The number of aromatic carboxylic acids is 1. The van der Waals surface area contributed by atoms with Gasteiger partial charge in [0, 0.05) is 66.7 Å². The van der Waals surface area contributed by atoms with Crippen molar-refractivity contribution in [3.05, 3.63) is 120 Å². The number of fused-ring (bicyclic) bond motifs is 2. The van der Waals surface area contributed by atoms with Crippen LogP contribution in [0.2, 0.25) is 0 Å². The van der Waals surface area contributed by atoms with Crippen LogP contribution in [0.4, 0.5) is 20.7 Å². The first-order valence-corrected chi connectivity index (χ1v) is 20.5. The Morgan fingerprint density at radius 2 is 0.969 bits per heavy atom. The standard InChI is InChI=1S/C24H25FN6O.C22H20FN5O2.C2H7N/c1-24(2,3)31-20-9-7-14(16-12-27-23(26)28-13-16)11-19(20)29-21(31)17-10-15(6-8-18(17)25)22(32)30(4)5;1-22(2,3)28-18-7-5-12(14-10-25-21(24)26-11-14)9-17(18)27-19(28)15-8-13(20(29)30)4-6-16(15)23;1-3-2/h6-13H,1-5H3,(H2,26,27,28);4-11H,1-3H3,(H,29,30)(H2,24,25,26);3H,1-2H3. The van der Waals surface area contributed by atoms with Crippen molar-refractivity contribution in [3.63, 3.8) is 0 Å². The van der Waals surface area contributed by atoms with Gasteiger partial charge in [-0.15, -0.1) is 0 Å². The molecule has 8 rings (SSSR count). The Labute approximate surface area is 375 Å². The number of amides is 1. The van der Waals surface area contributed by atoms with Crippen molar-refractivity contribution in [2.45, 2.75) is 52.6 Å². The molecule has 336 valence electrons. The summed E-state index contributed by atoms with van der Waals surface area (Å²) in [6, 6.07) is 19.6. The summed E-state index contributed by atoms with van der Waals surface area (Å²) in [6.07, 6.45) is 6.56. The van der Waals surface area contributed by atoms with E-state index in [1.54, 1.807) is 44.9 Å². The molecule has 4 aromatic carbocycles. The quantitative estimate of drug-likeness (QED) is 0.124. The molecule has 0 unspecified atom stereocenters. The van der Waals surface area contributed by atoms with E-state index >= 15 is 0 Å². The Morgan fingerprint density at radius 3 is 1.32 bits per heavy atom. The smallest absolute Gasteiger partial charge is 0.335 e. The normalized spacial score (nSPS) is 11.4. The summed E-state index contributed by atoms with van der Waals surface area (Å²) in [5, 5.41) is 12.1. The number of carbonyl (C=O) groups is 2. The highest BCUT2D eigenvalue weighted by Crippen LogP contribution is 2.37. The van der Waals surface area contributed by atoms with Crippen molar-refractivity contribution in [2.24, 2.45) is 0 Å². The highest BCUT2D eigenvalue weighted by atomic mass is 19.1. The second-order valence-electron chi connectivity index (χ2n) is 17.3. The van der Waals surface area contributed by atoms with Crippen LogP contribution in [0.15, 0.2) is 97.6 Å². The van der Waals surface area contributed by atoms with Gasteiger partial charge in [0.15, 0.2) is 0 Å². The number of rotatable bonds is 6. The highest BCUT2D eigenvalue weighted by Gasteiger charge is 2.27. The first-order chi connectivity index (χ1) is 30.6. The van der Waals surface area contributed by atoms with E-state index in [1.165, 1.54) is 29.2 Å². The topological polar surface area (TPSA) is 209 Å². The molecule has 0 aliphatic carbocycles. The van der Waals surface area contributed by atoms with Gasteiger partial charge in [-0.1, -0.05) is 12.1 Å². The Hall–Kier alpha value is -7.66. The van der Waals surface area contributed by atoms with Gasteiger partial charge in [0.25, 0.3) is 5.91 Å². The molecule has 8 aromatic rings. The Morgan fingerprint density at radius 1 is 0.600 bits per heavy atom. The number of anilines is 2. The maximum atomic E-state index is 15.0. The Kier molecular flexibility index (Phi) is 13.4. The zero-order valence-corrected chi connectivity index (χ0v) is 37.9.